The Labute approximate surface area is 135 Å². The minimum Gasteiger partial charge on any atom is -0.481 e. The zero-order valence-electron chi connectivity index (χ0n) is 13.2. The Morgan fingerprint density at radius 1 is 1.30 bits per heavy atom. The molecule has 0 aromatic heterocycles. The molecular formula is C18H21NO4. The number of aliphatic carboxylic acids is 1. The molecular weight excluding hydrogens is 294 g/mol. The summed E-state index contributed by atoms with van der Waals surface area (Å²) in [5.41, 5.74) is 0.105. The molecule has 3 aliphatic rings. The molecule has 3 atom stereocenters. The molecule has 5 nitrogen and oxygen atoms in total. The number of nitrogens with zero attached hydrogens (tertiary/aromatic N) is 1. The highest BCUT2D eigenvalue weighted by molar-refractivity contribution is 5.99. The summed E-state index contributed by atoms with van der Waals surface area (Å²) in [4.78, 5) is 26.7. The number of carbonyl (C=O) groups is 2. The third-order valence-electron chi connectivity index (χ3n) is 5.62. The summed E-state index contributed by atoms with van der Waals surface area (Å²) >= 11 is 0. The average molecular weight is 315 g/mol. The monoisotopic (exact) mass is 315 g/mol. The number of ether oxygens (including phenoxy) is 1. The van der Waals surface area contributed by atoms with Crippen LogP contribution in [-0.4, -0.2) is 33.6 Å². The van der Waals surface area contributed by atoms with Crippen LogP contribution in [0.2, 0.25) is 0 Å². The first-order valence-electron chi connectivity index (χ1n) is 8.35. The second-order valence-corrected chi connectivity index (χ2v) is 7.09. The van der Waals surface area contributed by atoms with E-state index in [1.807, 2.05) is 31.2 Å². The Hall–Kier alpha value is -2.04. The Morgan fingerprint density at radius 2 is 2.00 bits per heavy atom. The fourth-order valence-corrected chi connectivity index (χ4v) is 4.68. The summed E-state index contributed by atoms with van der Waals surface area (Å²) in [6.07, 6.45) is 4.58. The van der Waals surface area contributed by atoms with Gasteiger partial charge < -0.3 is 14.7 Å². The van der Waals surface area contributed by atoms with E-state index >= 15 is 0 Å². The fraction of sp³-hybridized carbons (Fsp3) is 0.556. The number of benzene rings is 1. The summed E-state index contributed by atoms with van der Waals surface area (Å²) in [6, 6.07) is 7.62. The Bertz CT molecular complexity index is 667. The predicted octanol–water partition coefficient (Wildman–Crippen LogP) is 2.75. The smallest absolute Gasteiger partial charge is 0.316 e. The average Bonchev–Trinajstić information content (AvgIpc) is 2.99. The normalized spacial score (nSPS) is 33.3. The predicted molar refractivity (Wildman–Crippen MR) is 83.1 cm³/mol. The van der Waals surface area contributed by atoms with Gasteiger partial charge in [0, 0.05) is 18.4 Å². The Morgan fingerprint density at radius 3 is 2.70 bits per heavy atom. The molecule has 0 spiro atoms. The van der Waals surface area contributed by atoms with Crippen LogP contribution < -0.4 is 4.74 Å². The number of carboxylic acid groups (broad SMARTS) is 1. The van der Waals surface area contributed by atoms with Crippen molar-refractivity contribution in [1.29, 1.82) is 0 Å². The molecule has 2 bridgehead atoms. The van der Waals surface area contributed by atoms with Crippen molar-refractivity contribution in [2.45, 2.75) is 56.7 Å². The van der Waals surface area contributed by atoms with Crippen LogP contribution in [0.3, 0.4) is 0 Å². The van der Waals surface area contributed by atoms with Gasteiger partial charge in [-0.2, -0.15) is 0 Å². The number of para-hydroxylation sites is 1. The van der Waals surface area contributed by atoms with Crippen molar-refractivity contribution in [3.05, 3.63) is 29.8 Å². The van der Waals surface area contributed by atoms with Gasteiger partial charge in [0.05, 0.1) is 0 Å². The maximum atomic E-state index is 13.0. The minimum absolute atomic E-state index is 0.0977. The maximum Gasteiger partial charge on any atom is 0.316 e. The molecule has 23 heavy (non-hydrogen) atoms. The first-order chi connectivity index (χ1) is 11.0. The molecule has 1 saturated heterocycles. The van der Waals surface area contributed by atoms with E-state index in [0.29, 0.717) is 12.2 Å². The topological polar surface area (TPSA) is 66.8 Å². The lowest BCUT2D eigenvalue weighted by Gasteiger charge is -2.54. The van der Waals surface area contributed by atoms with Gasteiger partial charge in [-0.25, -0.2) is 0 Å². The molecule has 1 aromatic rings. The maximum absolute atomic E-state index is 13.0. The summed E-state index contributed by atoms with van der Waals surface area (Å²) in [6.45, 7) is 1.93. The van der Waals surface area contributed by atoms with Crippen molar-refractivity contribution in [3.8, 4) is 5.75 Å². The molecule has 1 saturated carbocycles. The Kier molecular flexibility index (Phi) is 3.15. The summed E-state index contributed by atoms with van der Waals surface area (Å²) in [7, 11) is 0. The third-order valence-corrected chi connectivity index (χ3v) is 5.62. The highest BCUT2D eigenvalue weighted by Crippen LogP contribution is 2.51. The van der Waals surface area contributed by atoms with Crippen LogP contribution in [-0.2, 0) is 9.59 Å². The van der Waals surface area contributed by atoms with Gasteiger partial charge in [0.1, 0.15) is 11.7 Å². The van der Waals surface area contributed by atoms with Crippen molar-refractivity contribution in [2.75, 3.05) is 0 Å². The van der Waals surface area contributed by atoms with Crippen molar-refractivity contribution >= 4 is 11.9 Å². The van der Waals surface area contributed by atoms with Gasteiger partial charge in [-0.1, -0.05) is 31.0 Å². The molecule has 1 aromatic carbocycles. The molecule has 2 heterocycles. The summed E-state index contributed by atoms with van der Waals surface area (Å²) in [5.74, 6) is -1.91. The van der Waals surface area contributed by atoms with Gasteiger partial charge in [0.15, 0.2) is 5.72 Å². The number of hydrogen-bond acceptors (Lipinski definition) is 3. The van der Waals surface area contributed by atoms with Crippen LogP contribution in [0.5, 0.6) is 5.75 Å². The van der Waals surface area contributed by atoms with E-state index in [9.17, 15) is 14.7 Å². The van der Waals surface area contributed by atoms with Crippen LogP contribution in [0.15, 0.2) is 24.3 Å². The molecule has 1 aliphatic carbocycles. The molecule has 5 heteroatoms. The highest BCUT2D eigenvalue weighted by Gasteiger charge is 2.58. The van der Waals surface area contributed by atoms with Crippen LogP contribution >= 0.6 is 0 Å². The summed E-state index contributed by atoms with van der Waals surface area (Å²) in [5, 5.41) is 9.70. The number of piperidine rings is 1. The molecule has 1 amide bonds. The first kappa shape index (κ1) is 14.5. The standard InChI is InChI=1S/C18H21NO4/c1-18-10-13(12-8-4-5-9-14(12)23-18)15(17(21)22)16(20)19(18)11-6-2-3-7-11/h4-5,8-9,11,13,15H,2-3,6-7,10H2,1H3,(H,21,22). The molecule has 2 fully saturated rings. The number of carboxylic acids is 1. The van der Waals surface area contributed by atoms with E-state index in [2.05, 4.69) is 0 Å². The SMILES string of the molecule is CC12CC(c3ccccc3O1)C(C(=O)O)C(=O)N2C1CCCC1. The van der Waals surface area contributed by atoms with E-state index in [1.165, 1.54) is 0 Å². The van der Waals surface area contributed by atoms with Crippen molar-refractivity contribution < 1.29 is 19.4 Å². The van der Waals surface area contributed by atoms with E-state index in [1.54, 1.807) is 4.90 Å². The summed E-state index contributed by atoms with van der Waals surface area (Å²) < 4.78 is 6.23. The number of fused-ring (bicyclic) bond motifs is 4. The zero-order chi connectivity index (χ0) is 16.2. The number of likely N-dealkylation sites (tertiary alicyclic amines) is 1. The lowest BCUT2D eigenvalue weighted by atomic mass is 9.73. The second-order valence-electron chi connectivity index (χ2n) is 7.09. The largest absolute Gasteiger partial charge is 0.481 e. The van der Waals surface area contributed by atoms with Crippen molar-refractivity contribution in [1.82, 2.24) is 4.90 Å². The van der Waals surface area contributed by atoms with Crippen LogP contribution in [0, 0.1) is 5.92 Å². The van der Waals surface area contributed by atoms with Gasteiger partial charge >= 0.3 is 5.97 Å². The number of amides is 1. The van der Waals surface area contributed by atoms with Crippen molar-refractivity contribution in [2.24, 2.45) is 5.92 Å². The number of carbonyl (C=O) groups excluding carboxylic acids is 1. The van der Waals surface area contributed by atoms with Crippen molar-refractivity contribution in [3.63, 3.8) is 0 Å². The van der Waals surface area contributed by atoms with E-state index in [4.69, 9.17) is 4.74 Å². The minimum atomic E-state index is -1.03. The van der Waals surface area contributed by atoms with Crippen LogP contribution in [0.1, 0.15) is 50.5 Å². The van der Waals surface area contributed by atoms with Gasteiger partial charge in [0.25, 0.3) is 0 Å². The van der Waals surface area contributed by atoms with Gasteiger partial charge in [-0.05, 0) is 31.4 Å². The zero-order valence-corrected chi connectivity index (χ0v) is 13.2. The van der Waals surface area contributed by atoms with Crippen LogP contribution in [0.25, 0.3) is 0 Å². The Balaban J connectivity index is 1.83. The van der Waals surface area contributed by atoms with Gasteiger partial charge in [-0.3, -0.25) is 9.59 Å². The quantitative estimate of drug-likeness (QED) is 0.852. The lowest BCUT2D eigenvalue weighted by molar-refractivity contribution is -0.186. The highest BCUT2D eigenvalue weighted by atomic mass is 16.5. The molecule has 3 unspecified atom stereocenters. The molecule has 1 N–H and O–H groups in total. The van der Waals surface area contributed by atoms with E-state index in [0.717, 1.165) is 31.2 Å². The molecule has 122 valence electrons. The van der Waals surface area contributed by atoms with Gasteiger partial charge in [0.2, 0.25) is 5.91 Å². The fourth-order valence-electron chi connectivity index (χ4n) is 4.68. The number of hydrogen-bond donors (Lipinski definition) is 1. The second kappa shape index (κ2) is 4.98. The third kappa shape index (κ3) is 2.06. The lowest BCUT2D eigenvalue weighted by Crippen LogP contribution is -2.66. The molecule has 2 aliphatic heterocycles. The van der Waals surface area contributed by atoms with Crippen LogP contribution in [0.4, 0.5) is 0 Å². The van der Waals surface area contributed by atoms with Gasteiger partial charge in [-0.15, -0.1) is 0 Å². The number of rotatable bonds is 2. The molecule has 4 rings (SSSR count). The van der Waals surface area contributed by atoms with E-state index in [-0.39, 0.29) is 17.9 Å². The van der Waals surface area contributed by atoms with E-state index < -0.39 is 17.6 Å². The first-order valence-corrected chi connectivity index (χ1v) is 8.35. The molecule has 0 radical (unpaired) electrons.